The third-order valence-electron chi connectivity index (χ3n) is 4.65. The van der Waals surface area contributed by atoms with Gasteiger partial charge in [0.1, 0.15) is 12.4 Å². The van der Waals surface area contributed by atoms with Crippen molar-refractivity contribution in [3.63, 3.8) is 0 Å². The van der Waals surface area contributed by atoms with Gasteiger partial charge in [0.25, 0.3) is 17.5 Å². The van der Waals surface area contributed by atoms with Gasteiger partial charge in [-0.3, -0.25) is 24.6 Å². The quantitative estimate of drug-likeness (QED) is 0.362. The molecule has 0 saturated carbocycles. The molecule has 144 valence electrons. The number of non-ortho nitro benzene ring substituents is 1. The summed E-state index contributed by atoms with van der Waals surface area (Å²) in [4.78, 5) is 36.7. The molecule has 1 aliphatic heterocycles. The summed E-state index contributed by atoms with van der Waals surface area (Å²) in [6, 6.07) is 20.6. The molecule has 1 heterocycles. The highest BCUT2D eigenvalue weighted by molar-refractivity contribution is 6.21. The Balaban J connectivity index is 1.50. The number of fused-ring (bicyclic) bond motifs is 1. The number of imide groups is 1. The Morgan fingerprint density at radius 3 is 2.31 bits per heavy atom. The number of hydrogen-bond donors (Lipinski definition) is 0. The van der Waals surface area contributed by atoms with Crippen LogP contribution in [0.2, 0.25) is 0 Å². The van der Waals surface area contributed by atoms with Gasteiger partial charge in [-0.1, -0.05) is 42.5 Å². The summed E-state index contributed by atoms with van der Waals surface area (Å²) in [6.45, 7) is 0.462. The lowest BCUT2D eigenvalue weighted by Crippen LogP contribution is -2.29. The molecule has 0 radical (unpaired) electrons. The van der Waals surface area contributed by atoms with Crippen molar-refractivity contribution in [2.24, 2.45) is 0 Å². The minimum Gasteiger partial charge on any atom is -0.489 e. The lowest BCUT2D eigenvalue weighted by molar-refractivity contribution is -0.384. The van der Waals surface area contributed by atoms with E-state index in [1.807, 2.05) is 30.3 Å². The van der Waals surface area contributed by atoms with E-state index in [9.17, 15) is 19.7 Å². The molecule has 7 nitrogen and oxygen atoms in total. The molecule has 2 amide bonds. The number of nitro benzene ring substituents is 1. The monoisotopic (exact) mass is 388 g/mol. The summed E-state index contributed by atoms with van der Waals surface area (Å²) in [5, 5.41) is 10.9. The first-order chi connectivity index (χ1) is 14.0. The highest BCUT2D eigenvalue weighted by Gasteiger charge is 2.36. The fourth-order valence-corrected chi connectivity index (χ4v) is 3.19. The van der Waals surface area contributed by atoms with Crippen molar-refractivity contribution in [3.8, 4) is 5.75 Å². The standard InChI is InChI=1S/C22H16N2O5/c25-21-19-10-9-17(24(27)28)12-20(19)22(26)23(21)13-16-7-4-8-18(11-16)29-14-15-5-2-1-3-6-15/h1-12H,13-14H2. The summed E-state index contributed by atoms with van der Waals surface area (Å²) in [5.74, 6) is -0.376. The first-order valence-electron chi connectivity index (χ1n) is 8.93. The molecule has 0 aromatic heterocycles. The molecule has 3 aromatic carbocycles. The topological polar surface area (TPSA) is 89.8 Å². The van der Waals surface area contributed by atoms with Crippen LogP contribution in [0, 0.1) is 10.1 Å². The number of amides is 2. The normalized spacial score (nSPS) is 12.8. The van der Waals surface area contributed by atoms with E-state index in [0.717, 1.165) is 22.1 Å². The van der Waals surface area contributed by atoms with Crippen LogP contribution in [0.5, 0.6) is 5.75 Å². The van der Waals surface area contributed by atoms with Crippen LogP contribution in [-0.2, 0) is 13.2 Å². The minimum atomic E-state index is -0.589. The number of rotatable bonds is 6. The Kier molecular flexibility index (Phi) is 4.78. The SMILES string of the molecule is O=C1c2ccc([N+](=O)[O-])cc2C(=O)N1Cc1cccc(OCc2ccccc2)c1. The smallest absolute Gasteiger partial charge is 0.270 e. The molecule has 0 atom stereocenters. The van der Waals surface area contributed by atoms with Crippen LogP contribution in [-0.4, -0.2) is 21.6 Å². The molecule has 1 aliphatic rings. The molecule has 7 heteroatoms. The van der Waals surface area contributed by atoms with Crippen molar-refractivity contribution in [2.45, 2.75) is 13.2 Å². The number of nitrogens with zero attached hydrogens (tertiary/aromatic N) is 2. The summed E-state index contributed by atoms with van der Waals surface area (Å²) < 4.78 is 5.79. The fraction of sp³-hybridized carbons (Fsp3) is 0.0909. The van der Waals surface area contributed by atoms with Crippen LogP contribution >= 0.6 is 0 Å². The second-order valence-corrected chi connectivity index (χ2v) is 6.61. The Hall–Kier alpha value is -4.00. The van der Waals surface area contributed by atoms with Gasteiger partial charge in [0, 0.05) is 12.1 Å². The average Bonchev–Trinajstić information content (AvgIpc) is 2.98. The van der Waals surface area contributed by atoms with E-state index in [0.29, 0.717) is 12.4 Å². The maximum absolute atomic E-state index is 12.6. The summed E-state index contributed by atoms with van der Waals surface area (Å²) in [6.07, 6.45) is 0. The molecule has 0 saturated heterocycles. The minimum absolute atomic E-state index is 0.0562. The van der Waals surface area contributed by atoms with Crippen LogP contribution in [0.1, 0.15) is 31.8 Å². The second kappa shape index (κ2) is 7.55. The van der Waals surface area contributed by atoms with Gasteiger partial charge in [-0.25, -0.2) is 0 Å². The predicted molar refractivity (Wildman–Crippen MR) is 105 cm³/mol. The highest BCUT2D eigenvalue weighted by atomic mass is 16.6. The zero-order valence-corrected chi connectivity index (χ0v) is 15.3. The lowest BCUT2D eigenvalue weighted by atomic mass is 10.1. The number of nitro groups is 1. The molecule has 0 bridgehead atoms. The van der Waals surface area contributed by atoms with Gasteiger partial charge in [0.15, 0.2) is 0 Å². The van der Waals surface area contributed by atoms with Crippen molar-refractivity contribution in [3.05, 3.63) is 105 Å². The van der Waals surface area contributed by atoms with Crippen molar-refractivity contribution in [1.82, 2.24) is 4.90 Å². The Morgan fingerprint density at radius 1 is 0.828 bits per heavy atom. The van der Waals surface area contributed by atoms with Crippen LogP contribution in [0.4, 0.5) is 5.69 Å². The largest absolute Gasteiger partial charge is 0.489 e. The molecule has 29 heavy (non-hydrogen) atoms. The second-order valence-electron chi connectivity index (χ2n) is 6.61. The number of ether oxygens (including phenoxy) is 1. The first kappa shape index (κ1) is 18.4. The Labute approximate surface area is 166 Å². The summed E-state index contributed by atoms with van der Waals surface area (Å²) in [7, 11) is 0. The predicted octanol–water partition coefficient (Wildman–Crippen LogP) is 3.97. The first-order valence-corrected chi connectivity index (χ1v) is 8.93. The van der Waals surface area contributed by atoms with Gasteiger partial charge in [-0.2, -0.15) is 0 Å². The van der Waals surface area contributed by atoms with Crippen molar-refractivity contribution in [1.29, 1.82) is 0 Å². The van der Waals surface area contributed by atoms with E-state index < -0.39 is 16.7 Å². The lowest BCUT2D eigenvalue weighted by Gasteiger charge is -2.15. The number of carbonyl (C=O) groups excluding carboxylic acids is 2. The number of hydrogen-bond acceptors (Lipinski definition) is 5. The van der Waals surface area contributed by atoms with Gasteiger partial charge in [-0.15, -0.1) is 0 Å². The van der Waals surface area contributed by atoms with Gasteiger partial charge in [0.05, 0.1) is 22.6 Å². The number of carbonyl (C=O) groups is 2. The average molecular weight is 388 g/mol. The Morgan fingerprint density at radius 2 is 1.55 bits per heavy atom. The fourth-order valence-electron chi connectivity index (χ4n) is 3.19. The Bertz CT molecular complexity index is 1110. The highest BCUT2D eigenvalue weighted by Crippen LogP contribution is 2.28. The van der Waals surface area contributed by atoms with E-state index in [1.165, 1.54) is 12.1 Å². The van der Waals surface area contributed by atoms with Crippen LogP contribution in [0.25, 0.3) is 0 Å². The zero-order chi connectivity index (χ0) is 20.4. The van der Waals surface area contributed by atoms with Gasteiger partial charge >= 0.3 is 0 Å². The molecule has 0 fully saturated rings. The van der Waals surface area contributed by atoms with E-state index in [1.54, 1.807) is 24.3 Å². The van der Waals surface area contributed by atoms with Crippen LogP contribution in [0.15, 0.2) is 72.8 Å². The zero-order valence-electron chi connectivity index (χ0n) is 15.3. The summed E-state index contributed by atoms with van der Waals surface area (Å²) >= 11 is 0. The summed E-state index contributed by atoms with van der Waals surface area (Å²) in [5.41, 5.74) is 1.76. The van der Waals surface area contributed by atoms with Gasteiger partial charge < -0.3 is 4.74 Å². The van der Waals surface area contributed by atoms with E-state index >= 15 is 0 Å². The van der Waals surface area contributed by atoms with Crippen LogP contribution < -0.4 is 4.74 Å². The molecule has 0 spiro atoms. The molecule has 0 unspecified atom stereocenters. The maximum atomic E-state index is 12.6. The molecule has 4 rings (SSSR count). The maximum Gasteiger partial charge on any atom is 0.270 e. The molecular formula is C22H16N2O5. The molecule has 0 N–H and O–H groups in total. The third kappa shape index (κ3) is 3.70. The number of benzene rings is 3. The van der Waals surface area contributed by atoms with Crippen molar-refractivity contribution < 1.29 is 19.2 Å². The van der Waals surface area contributed by atoms with Crippen molar-refractivity contribution >= 4 is 17.5 Å². The van der Waals surface area contributed by atoms with E-state index in [2.05, 4.69) is 0 Å². The van der Waals surface area contributed by atoms with E-state index in [-0.39, 0.29) is 23.4 Å². The van der Waals surface area contributed by atoms with Gasteiger partial charge in [-0.05, 0) is 29.3 Å². The van der Waals surface area contributed by atoms with Crippen molar-refractivity contribution in [2.75, 3.05) is 0 Å². The van der Waals surface area contributed by atoms with Crippen LogP contribution in [0.3, 0.4) is 0 Å². The third-order valence-corrected chi connectivity index (χ3v) is 4.65. The molecule has 0 aliphatic carbocycles. The van der Waals surface area contributed by atoms with E-state index in [4.69, 9.17) is 4.74 Å². The molecule has 3 aromatic rings. The van der Waals surface area contributed by atoms with Gasteiger partial charge in [0.2, 0.25) is 0 Å². The molecular weight excluding hydrogens is 372 g/mol.